The number of aryl methyl sites for hydroxylation is 2. The van der Waals surface area contributed by atoms with Gasteiger partial charge in [-0.1, -0.05) is 108 Å². The Morgan fingerprint density at radius 3 is 1.80 bits per heavy atom. The number of epoxide rings is 1. The molecule has 2 aromatic heterocycles. The number of methoxy groups -OCH3 is 1. The highest BCUT2D eigenvalue weighted by molar-refractivity contribution is 7.28. The molecule has 300 valence electrons. The van der Waals surface area contributed by atoms with E-state index in [0.717, 1.165) is 51.5 Å². The van der Waals surface area contributed by atoms with E-state index in [9.17, 15) is 5.11 Å². The molecule has 0 saturated carbocycles. The quantitative estimate of drug-likeness (QED) is 0.0670. The summed E-state index contributed by atoms with van der Waals surface area (Å²) in [6.07, 6.45) is 11.5. The Kier molecular flexibility index (Phi) is 13.8. The second-order valence-corrected chi connectivity index (χ2v) is 16.6. The van der Waals surface area contributed by atoms with Gasteiger partial charge in [-0.25, -0.2) is 0 Å². The van der Waals surface area contributed by atoms with Gasteiger partial charge in [0.2, 0.25) is 0 Å². The first-order valence-corrected chi connectivity index (χ1v) is 21.4. The number of rotatable bonds is 14. The summed E-state index contributed by atoms with van der Waals surface area (Å²) in [4.78, 5) is 7.15. The number of aliphatic hydroxyl groups excluding tert-OH is 1. The van der Waals surface area contributed by atoms with Crippen LogP contribution in [0.1, 0.15) is 30.5 Å². The maximum absolute atomic E-state index is 9.66. The molecule has 1 fully saturated rings. The predicted octanol–water partition coefficient (Wildman–Crippen LogP) is 13.0. The molecule has 1 aliphatic rings. The van der Waals surface area contributed by atoms with E-state index >= 15 is 0 Å². The van der Waals surface area contributed by atoms with E-state index in [2.05, 4.69) is 164 Å². The average molecular weight is 819 g/mol. The van der Waals surface area contributed by atoms with Gasteiger partial charge in [0, 0.05) is 51.4 Å². The zero-order valence-corrected chi connectivity index (χ0v) is 35.9. The van der Waals surface area contributed by atoms with Crippen LogP contribution in [-0.2, 0) is 20.8 Å². The Bertz CT molecular complexity index is 2570. The van der Waals surface area contributed by atoms with Crippen LogP contribution >= 0.6 is 22.7 Å². The van der Waals surface area contributed by atoms with Crippen molar-refractivity contribution in [2.24, 2.45) is 0 Å². The standard InChI is InChI=1S/C47H42N2O2S2.C4H8O2/c1-6-8-13-36(7-2)48(37-24-18-32(3)19-25-37)46-42-16-11-9-14-40(42)44(52-46)45-41-15-10-12-17-43(41)47(53-45)49(38-26-20-33(4)21-27-38)39-28-22-35(23-29-39)31-51-30-34(5)50;1-5-2-4-3-6-4/h1,7-29,34,50H,30-31H2,2-5H3;4H,2-3H2,1H3/b13-8-,36-7+;. The molecule has 1 aliphatic heterocycles. The van der Waals surface area contributed by atoms with Gasteiger partial charge in [-0.15, -0.1) is 29.1 Å². The molecule has 3 heterocycles. The fraction of sp³-hybridized carbons (Fsp3) is 0.216. The average Bonchev–Trinajstić information content (AvgIpc) is 3.89. The summed E-state index contributed by atoms with van der Waals surface area (Å²) >= 11 is 3.64. The van der Waals surface area contributed by atoms with Gasteiger partial charge in [0.1, 0.15) is 16.1 Å². The zero-order chi connectivity index (χ0) is 41.3. The molecule has 0 bridgehead atoms. The first-order chi connectivity index (χ1) is 28.8. The summed E-state index contributed by atoms with van der Waals surface area (Å²) in [6.45, 7) is 10.4. The third-order valence-electron chi connectivity index (χ3n) is 9.88. The first-order valence-electron chi connectivity index (χ1n) is 19.8. The Morgan fingerprint density at radius 1 is 0.797 bits per heavy atom. The lowest BCUT2D eigenvalue weighted by Gasteiger charge is -2.25. The number of allylic oxidation sites excluding steroid dienone is 3. The van der Waals surface area contributed by atoms with Gasteiger partial charge < -0.3 is 29.1 Å². The van der Waals surface area contributed by atoms with Crippen molar-refractivity contribution in [3.8, 4) is 22.1 Å². The molecule has 0 radical (unpaired) electrons. The molecule has 5 aromatic carbocycles. The molecule has 2 atom stereocenters. The Labute approximate surface area is 356 Å². The Hall–Kier alpha value is -5.50. The van der Waals surface area contributed by atoms with E-state index in [-0.39, 0.29) is 0 Å². The summed E-state index contributed by atoms with van der Waals surface area (Å²) in [5.74, 6) is 2.68. The van der Waals surface area contributed by atoms with Gasteiger partial charge >= 0.3 is 0 Å². The largest absolute Gasteiger partial charge is 0.391 e. The molecule has 59 heavy (non-hydrogen) atoms. The van der Waals surface area contributed by atoms with Crippen LogP contribution in [0.4, 0.5) is 27.1 Å². The van der Waals surface area contributed by atoms with Crippen molar-refractivity contribution in [1.82, 2.24) is 0 Å². The fourth-order valence-corrected chi connectivity index (χ4v) is 9.64. The molecule has 8 rings (SSSR count). The number of hydrogen-bond acceptors (Lipinski definition) is 8. The molecule has 1 saturated heterocycles. The maximum atomic E-state index is 9.66. The number of nitrogens with zero attached hydrogens (tertiary/aromatic N) is 2. The van der Waals surface area contributed by atoms with Crippen molar-refractivity contribution in [1.29, 1.82) is 0 Å². The summed E-state index contributed by atoms with van der Waals surface area (Å²) in [5, 5.41) is 16.8. The lowest BCUT2D eigenvalue weighted by molar-refractivity contribution is 0.0376. The van der Waals surface area contributed by atoms with Gasteiger partial charge in [-0.05, 0) is 81.8 Å². The highest BCUT2D eigenvalue weighted by Gasteiger charge is 2.26. The molecule has 8 heteroatoms. The van der Waals surface area contributed by atoms with Gasteiger partial charge in [0.05, 0.1) is 42.3 Å². The molecule has 6 nitrogen and oxygen atoms in total. The number of terminal acetylenes is 1. The number of fused-ring (bicyclic) bond motifs is 2. The second-order valence-electron chi connectivity index (χ2n) is 14.6. The van der Waals surface area contributed by atoms with Crippen molar-refractivity contribution < 1.29 is 19.3 Å². The monoisotopic (exact) mass is 818 g/mol. The third-order valence-corrected chi connectivity index (χ3v) is 12.5. The molecular formula is C51H50N2O4S2. The summed E-state index contributed by atoms with van der Waals surface area (Å²) in [6, 6.07) is 43.4. The van der Waals surface area contributed by atoms with E-state index in [0.29, 0.717) is 19.3 Å². The van der Waals surface area contributed by atoms with E-state index in [1.54, 1.807) is 20.1 Å². The van der Waals surface area contributed by atoms with E-state index in [1.807, 2.05) is 28.7 Å². The zero-order valence-electron chi connectivity index (χ0n) is 34.2. The number of hydrogen-bond donors (Lipinski definition) is 1. The minimum absolute atomic E-state index is 0.306. The van der Waals surface area contributed by atoms with Crippen molar-refractivity contribution in [2.75, 3.05) is 36.7 Å². The van der Waals surface area contributed by atoms with Crippen LogP contribution in [0.15, 0.2) is 145 Å². The van der Waals surface area contributed by atoms with Crippen molar-refractivity contribution in [2.45, 2.75) is 46.5 Å². The number of ether oxygens (including phenoxy) is 3. The smallest absolute Gasteiger partial charge is 0.109 e. The van der Waals surface area contributed by atoms with Crippen molar-refractivity contribution in [3.63, 3.8) is 0 Å². The number of aliphatic hydroxyl groups is 1. The highest BCUT2D eigenvalue weighted by Crippen LogP contribution is 2.54. The summed E-state index contributed by atoms with van der Waals surface area (Å²) < 4.78 is 15.3. The first kappa shape index (κ1) is 41.7. The molecule has 2 unspecified atom stereocenters. The van der Waals surface area contributed by atoms with Gasteiger partial charge in [0.15, 0.2) is 0 Å². The fourth-order valence-electron chi connectivity index (χ4n) is 6.84. The topological polar surface area (TPSA) is 57.7 Å². The van der Waals surface area contributed by atoms with E-state index < -0.39 is 6.10 Å². The van der Waals surface area contributed by atoms with Crippen molar-refractivity contribution in [3.05, 3.63) is 162 Å². The molecule has 1 N–H and O–H groups in total. The normalized spacial score (nSPS) is 14.3. The Balaban J connectivity index is 0.000000808. The maximum Gasteiger partial charge on any atom is 0.109 e. The Morgan fingerprint density at radius 2 is 1.31 bits per heavy atom. The molecular weight excluding hydrogens is 769 g/mol. The second kappa shape index (κ2) is 19.5. The molecule has 0 amide bonds. The lowest BCUT2D eigenvalue weighted by atomic mass is 10.1. The highest BCUT2D eigenvalue weighted by atomic mass is 32.1. The number of benzene rings is 5. The van der Waals surface area contributed by atoms with Gasteiger partial charge in [0.25, 0.3) is 0 Å². The van der Waals surface area contributed by atoms with Gasteiger partial charge in [-0.2, -0.15) is 0 Å². The van der Waals surface area contributed by atoms with Gasteiger partial charge in [-0.3, -0.25) is 0 Å². The van der Waals surface area contributed by atoms with Crippen LogP contribution in [0.5, 0.6) is 0 Å². The summed E-state index contributed by atoms with van der Waals surface area (Å²) in [5.41, 5.74) is 7.71. The molecule has 0 spiro atoms. The van der Waals surface area contributed by atoms with Crippen LogP contribution < -0.4 is 9.80 Å². The van der Waals surface area contributed by atoms with Crippen LogP contribution in [0, 0.1) is 26.2 Å². The number of anilines is 5. The third kappa shape index (κ3) is 9.86. The van der Waals surface area contributed by atoms with Crippen molar-refractivity contribution >= 4 is 71.3 Å². The van der Waals surface area contributed by atoms with Crippen LogP contribution in [0.2, 0.25) is 0 Å². The molecule has 7 aromatic rings. The van der Waals surface area contributed by atoms with Crippen LogP contribution in [-0.4, -0.2) is 44.2 Å². The minimum atomic E-state index is -0.495. The van der Waals surface area contributed by atoms with E-state index in [4.69, 9.17) is 20.6 Å². The van der Waals surface area contributed by atoms with Crippen LogP contribution in [0.3, 0.4) is 0 Å². The predicted molar refractivity (Wildman–Crippen MR) is 250 cm³/mol. The van der Waals surface area contributed by atoms with Crippen LogP contribution in [0.25, 0.3) is 31.3 Å². The SMILES string of the molecule is C#C/C=C\C(=C/C)N(c1ccc(C)cc1)c1sc(-c2sc(N(c3ccc(C)cc3)c3ccc(COCC(C)O)cc3)c3ccccc23)c2ccccc12.COCC1CO1. The minimum Gasteiger partial charge on any atom is -0.391 e. The molecule has 0 aliphatic carbocycles. The lowest BCUT2D eigenvalue weighted by Crippen LogP contribution is -2.14. The van der Waals surface area contributed by atoms with E-state index in [1.165, 1.54) is 42.4 Å². The number of thiophene rings is 2. The summed E-state index contributed by atoms with van der Waals surface area (Å²) in [7, 11) is 1.68.